The maximum atomic E-state index is 4.36. The fourth-order valence-corrected chi connectivity index (χ4v) is 1.78. The molecule has 1 heterocycles. The molecule has 1 aliphatic rings. The molecule has 2 N–H and O–H groups in total. The van der Waals surface area contributed by atoms with Crippen molar-refractivity contribution < 1.29 is 0 Å². The van der Waals surface area contributed by atoms with Crippen LogP contribution in [0, 0.1) is 0 Å². The number of halogens is 1. The molecule has 1 aromatic heterocycles. The Kier molecular flexibility index (Phi) is 3.10. The molecular weight excluding hydrogens is 294 g/mol. The first-order valence-corrected chi connectivity index (χ1v) is 6.58. The van der Waals surface area contributed by atoms with Gasteiger partial charge in [-0.25, -0.2) is 0 Å². The van der Waals surface area contributed by atoms with Gasteiger partial charge in [0.15, 0.2) is 5.82 Å². The van der Waals surface area contributed by atoms with Crippen molar-refractivity contribution in [2.45, 2.75) is 18.9 Å². The van der Waals surface area contributed by atoms with Gasteiger partial charge in [0, 0.05) is 16.2 Å². The molecule has 5 nitrogen and oxygen atoms in total. The summed E-state index contributed by atoms with van der Waals surface area (Å²) in [6, 6.07) is 8.41. The zero-order valence-corrected chi connectivity index (χ0v) is 11.2. The van der Waals surface area contributed by atoms with E-state index in [1.165, 1.54) is 12.8 Å². The first kappa shape index (κ1) is 11.4. The molecule has 0 radical (unpaired) electrons. The van der Waals surface area contributed by atoms with E-state index in [-0.39, 0.29) is 0 Å². The van der Waals surface area contributed by atoms with E-state index in [4.69, 9.17) is 0 Å². The van der Waals surface area contributed by atoms with Gasteiger partial charge in [0.1, 0.15) is 0 Å². The predicted molar refractivity (Wildman–Crippen MR) is 73.9 cm³/mol. The Bertz CT molecular complexity index is 538. The fraction of sp³-hybridized carbons (Fsp3) is 0.250. The third-order valence-electron chi connectivity index (χ3n) is 2.59. The molecule has 0 bridgehead atoms. The molecule has 92 valence electrons. The van der Waals surface area contributed by atoms with Crippen molar-refractivity contribution in [3.63, 3.8) is 0 Å². The van der Waals surface area contributed by atoms with E-state index in [9.17, 15) is 0 Å². The normalized spacial score (nSPS) is 14.3. The predicted octanol–water partition coefficient (Wildman–Crippen LogP) is 2.95. The van der Waals surface area contributed by atoms with E-state index in [0.717, 1.165) is 10.2 Å². The summed E-state index contributed by atoms with van der Waals surface area (Å²) in [4.78, 5) is 4.36. The Morgan fingerprint density at radius 3 is 2.67 bits per heavy atom. The third kappa shape index (κ3) is 2.95. The molecule has 1 fully saturated rings. The van der Waals surface area contributed by atoms with Gasteiger partial charge in [0.05, 0.1) is 6.20 Å². The number of nitrogens with zero attached hydrogens (tertiary/aromatic N) is 3. The van der Waals surface area contributed by atoms with Crippen LogP contribution in [0.15, 0.2) is 34.9 Å². The maximum absolute atomic E-state index is 4.36. The molecule has 0 spiro atoms. The number of hydrogen-bond acceptors (Lipinski definition) is 5. The van der Waals surface area contributed by atoms with Crippen LogP contribution in [0.1, 0.15) is 12.8 Å². The van der Waals surface area contributed by atoms with E-state index in [1.807, 2.05) is 24.3 Å². The Labute approximate surface area is 113 Å². The van der Waals surface area contributed by atoms with Crippen molar-refractivity contribution in [3.8, 4) is 0 Å². The lowest BCUT2D eigenvalue weighted by Crippen LogP contribution is -2.07. The summed E-state index contributed by atoms with van der Waals surface area (Å²) in [7, 11) is 0. The summed E-state index contributed by atoms with van der Waals surface area (Å²) in [5.74, 6) is 1.27. The molecule has 1 saturated carbocycles. The van der Waals surface area contributed by atoms with E-state index in [1.54, 1.807) is 6.20 Å². The van der Waals surface area contributed by atoms with Crippen LogP contribution in [0.2, 0.25) is 0 Å². The summed E-state index contributed by atoms with van der Waals surface area (Å²) in [6.07, 6.45) is 3.99. The van der Waals surface area contributed by atoms with Crippen molar-refractivity contribution in [1.82, 2.24) is 15.2 Å². The Balaban J connectivity index is 1.73. The second-order valence-corrected chi connectivity index (χ2v) is 5.13. The molecule has 0 unspecified atom stereocenters. The van der Waals surface area contributed by atoms with Crippen molar-refractivity contribution in [2.24, 2.45) is 0 Å². The highest BCUT2D eigenvalue weighted by Gasteiger charge is 2.22. The van der Waals surface area contributed by atoms with E-state index in [2.05, 4.69) is 41.7 Å². The fourth-order valence-electron chi connectivity index (χ4n) is 1.52. The third-order valence-corrected chi connectivity index (χ3v) is 3.11. The zero-order valence-electron chi connectivity index (χ0n) is 9.60. The van der Waals surface area contributed by atoms with Gasteiger partial charge in [-0.05, 0) is 37.1 Å². The molecular formula is C12H12BrN5. The largest absolute Gasteiger partial charge is 0.350 e. The van der Waals surface area contributed by atoms with Crippen LogP contribution in [0.4, 0.5) is 17.5 Å². The molecule has 0 aliphatic heterocycles. The number of benzene rings is 1. The summed E-state index contributed by atoms with van der Waals surface area (Å²) in [5, 5.41) is 14.3. The van der Waals surface area contributed by atoms with Crippen LogP contribution < -0.4 is 10.6 Å². The van der Waals surface area contributed by atoms with Crippen molar-refractivity contribution in [3.05, 3.63) is 34.9 Å². The van der Waals surface area contributed by atoms with E-state index >= 15 is 0 Å². The number of aromatic nitrogens is 3. The number of anilines is 3. The van der Waals surface area contributed by atoms with Gasteiger partial charge in [0.25, 0.3) is 0 Å². The van der Waals surface area contributed by atoms with Crippen molar-refractivity contribution >= 4 is 33.4 Å². The SMILES string of the molecule is Brc1ccc(Nc2cnnc(NC3CC3)n2)cc1. The molecule has 0 saturated heterocycles. The van der Waals surface area contributed by atoms with Crippen molar-refractivity contribution in [1.29, 1.82) is 0 Å². The molecule has 0 atom stereocenters. The minimum absolute atomic E-state index is 0.523. The van der Waals surface area contributed by atoms with Gasteiger partial charge in [-0.2, -0.15) is 10.1 Å². The molecule has 3 rings (SSSR count). The van der Waals surface area contributed by atoms with Crippen LogP contribution in [-0.4, -0.2) is 21.2 Å². The summed E-state index contributed by atoms with van der Waals surface area (Å²) < 4.78 is 1.05. The Hall–Kier alpha value is -1.69. The molecule has 6 heteroatoms. The van der Waals surface area contributed by atoms with Crippen LogP contribution >= 0.6 is 15.9 Å². The zero-order chi connectivity index (χ0) is 12.4. The second kappa shape index (κ2) is 4.89. The number of hydrogen-bond donors (Lipinski definition) is 2. The van der Waals surface area contributed by atoms with Crippen molar-refractivity contribution in [2.75, 3.05) is 10.6 Å². The van der Waals surface area contributed by atoms with Gasteiger partial charge in [-0.1, -0.05) is 15.9 Å². The molecule has 0 amide bonds. The lowest BCUT2D eigenvalue weighted by molar-refractivity contribution is 0.947. The first-order chi connectivity index (χ1) is 8.79. The Morgan fingerprint density at radius 2 is 1.94 bits per heavy atom. The molecule has 1 aromatic carbocycles. The second-order valence-electron chi connectivity index (χ2n) is 4.22. The average Bonchev–Trinajstić information content (AvgIpc) is 3.17. The standard InChI is InChI=1S/C12H12BrN5/c13-8-1-3-9(4-2-8)15-11-7-14-18-12(17-11)16-10-5-6-10/h1-4,7,10H,5-6H2,(H2,15,16,17,18). The highest BCUT2D eigenvalue weighted by Crippen LogP contribution is 2.23. The van der Waals surface area contributed by atoms with Gasteiger partial charge in [0.2, 0.25) is 5.95 Å². The highest BCUT2D eigenvalue weighted by molar-refractivity contribution is 9.10. The first-order valence-electron chi connectivity index (χ1n) is 5.78. The average molecular weight is 306 g/mol. The summed E-state index contributed by atoms with van der Waals surface area (Å²) in [6.45, 7) is 0. The minimum atomic E-state index is 0.523. The lowest BCUT2D eigenvalue weighted by atomic mass is 10.3. The minimum Gasteiger partial charge on any atom is -0.350 e. The topological polar surface area (TPSA) is 62.7 Å². The van der Waals surface area contributed by atoms with Crippen LogP contribution in [0.3, 0.4) is 0 Å². The molecule has 18 heavy (non-hydrogen) atoms. The van der Waals surface area contributed by atoms with Gasteiger partial charge < -0.3 is 10.6 Å². The van der Waals surface area contributed by atoms with E-state index < -0.39 is 0 Å². The Morgan fingerprint density at radius 1 is 1.17 bits per heavy atom. The lowest BCUT2D eigenvalue weighted by Gasteiger charge is -2.06. The van der Waals surface area contributed by atoms with Crippen LogP contribution in [0.5, 0.6) is 0 Å². The number of rotatable bonds is 4. The monoisotopic (exact) mass is 305 g/mol. The van der Waals surface area contributed by atoms with Crippen LogP contribution in [0.25, 0.3) is 0 Å². The quantitative estimate of drug-likeness (QED) is 0.909. The highest BCUT2D eigenvalue weighted by atomic mass is 79.9. The van der Waals surface area contributed by atoms with E-state index in [0.29, 0.717) is 17.8 Å². The maximum Gasteiger partial charge on any atom is 0.244 e. The van der Waals surface area contributed by atoms with Gasteiger partial charge in [-0.15, -0.1) is 5.10 Å². The molecule has 1 aliphatic carbocycles. The van der Waals surface area contributed by atoms with Gasteiger partial charge in [-0.3, -0.25) is 0 Å². The molecule has 2 aromatic rings. The summed E-state index contributed by atoms with van der Waals surface area (Å²) >= 11 is 3.40. The summed E-state index contributed by atoms with van der Waals surface area (Å²) in [5.41, 5.74) is 0.969. The van der Waals surface area contributed by atoms with Crippen LogP contribution in [-0.2, 0) is 0 Å². The van der Waals surface area contributed by atoms with Gasteiger partial charge >= 0.3 is 0 Å². The smallest absolute Gasteiger partial charge is 0.244 e. The number of nitrogens with one attached hydrogen (secondary N) is 2.